The predicted molar refractivity (Wildman–Crippen MR) is 125 cm³/mol. The van der Waals surface area contributed by atoms with Crippen LogP contribution in [0.15, 0.2) is 48.5 Å². The van der Waals surface area contributed by atoms with Crippen molar-refractivity contribution >= 4 is 23.2 Å². The molecule has 31 heavy (non-hydrogen) atoms. The molecule has 1 saturated carbocycles. The molecule has 0 radical (unpaired) electrons. The summed E-state index contributed by atoms with van der Waals surface area (Å²) in [6.07, 6.45) is 5.73. The molecule has 166 valence electrons. The number of benzene rings is 2. The van der Waals surface area contributed by atoms with Crippen molar-refractivity contribution in [3.05, 3.63) is 54.1 Å². The fraction of sp³-hybridized carbons (Fsp3) is 0.440. The number of carbonyl (C=O) groups is 2. The molecule has 2 amide bonds. The number of nitrogens with one attached hydrogen (secondary N) is 3. The number of rotatable bonds is 9. The Morgan fingerprint density at radius 1 is 1.00 bits per heavy atom. The van der Waals surface area contributed by atoms with Crippen LogP contribution in [-0.4, -0.2) is 31.0 Å². The van der Waals surface area contributed by atoms with Crippen LogP contribution in [0.1, 0.15) is 56.3 Å². The summed E-state index contributed by atoms with van der Waals surface area (Å²) in [6, 6.07) is 14.9. The first kappa shape index (κ1) is 22.7. The van der Waals surface area contributed by atoms with Crippen molar-refractivity contribution in [1.82, 2.24) is 5.32 Å². The Morgan fingerprint density at radius 2 is 1.74 bits per heavy atom. The minimum Gasteiger partial charge on any atom is -0.493 e. The second-order valence-electron chi connectivity index (χ2n) is 8.52. The van der Waals surface area contributed by atoms with Crippen molar-refractivity contribution < 1.29 is 14.3 Å². The lowest BCUT2D eigenvalue weighted by Crippen LogP contribution is -2.36. The second-order valence-corrected chi connectivity index (χ2v) is 8.52. The average Bonchev–Trinajstić information content (AvgIpc) is 2.78. The molecule has 0 spiro atoms. The highest BCUT2D eigenvalue weighted by molar-refractivity contribution is 5.96. The van der Waals surface area contributed by atoms with Crippen LogP contribution >= 0.6 is 0 Å². The van der Waals surface area contributed by atoms with Gasteiger partial charge in [0.2, 0.25) is 5.91 Å². The van der Waals surface area contributed by atoms with Gasteiger partial charge in [0.25, 0.3) is 5.91 Å². The Balaban J connectivity index is 1.45. The first-order valence-electron chi connectivity index (χ1n) is 11.2. The number of hydrogen-bond donors (Lipinski definition) is 3. The zero-order valence-corrected chi connectivity index (χ0v) is 18.4. The van der Waals surface area contributed by atoms with Crippen molar-refractivity contribution in [2.24, 2.45) is 5.92 Å². The average molecular weight is 424 g/mol. The first-order valence-corrected chi connectivity index (χ1v) is 11.2. The van der Waals surface area contributed by atoms with E-state index in [9.17, 15) is 9.59 Å². The highest BCUT2D eigenvalue weighted by Crippen LogP contribution is 2.19. The molecule has 1 fully saturated rings. The van der Waals surface area contributed by atoms with Gasteiger partial charge in [0, 0.05) is 29.0 Å². The van der Waals surface area contributed by atoms with Crippen molar-refractivity contribution in [3.63, 3.8) is 0 Å². The van der Waals surface area contributed by atoms with E-state index < -0.39 is 0 Å². The van der Waals surface area contributed by atoms with Crippen molar-refractivity contribution in [1.29, 1.82) is 0 Å². The Bertz CT molecular complexity index is 859. The van der Waals surface area contributed by atoms with Crippen LogP contribution in [-0.2, 0) is 4.79 Å². The fourth-order valence-corrected chi connectivity index (χ4v) is 3.57. The van der Waals surface area contributed by atoms with E-state index in [4.69, 9.17) is 4.74 Å². The summed E-state index contributed by atoms with van der Waals surface area (Å²) in [4.78, 5) is 24.7. The van der Waals surface area contributed by atoms with Crippen molar-refractivity contribution in [3.8, 4) is 5.75 Å². The van der Waals surface area contributed by atoms with Crippen molar-refractivity contribution in [2.45, 2.75) is 52.0 Å². The summed E-state index contributed by atoms with van der Waals surface area (Å²) in [5.74, 6) is 1.02. The number of ether oxygens (including phenoxy) is 1. The van der Waals surface area contributed by atoms with Gasteiger partial charge in [-0.05, 0) is 55.2 Å². The van der Waals surface area contributed by atoms with E-state index in [0.29, 0.717) is 23.8 Å². The molecule has 1 aliphatic carbocycles. The minimum absolute atomic E-state index is 0.0500. The molecule has 1 aliphatic rings. The maximum Gasteiger partial charge on any atom is 0.251 e. The molecule has 6 nitrogen and oxygen atoms in total. The number of amides is 2. The van der Waals surface area contributed by atoms with Crippen LogP contribution < -0.4 is 20.7 Å². The molecule has 3 rings (SSSR count). The van der Waals surface area contributed by atoms with E-state index in [0.717, 1.165) is 24.3 Å². The second kappa shape index (κ2) is 11.4. The summed E-state index contributed by atoms with van der Waals surface area (Å²) in [7, 11) is 0. The van der Waals surface area contributed by atoms with Gasteiger partial charge in [-0.3, -0.25) is 9.59 Å². The molecule has 0 heterocycles. The Hall–Kier alpha value is -3.02. The van der Waals surface area contributed by atoms with Gasteiger partial charge in [-0.15, -0.1) is 0 Å². The number of carbonyl (C=O) groups excluding carboxylic acids is 2. The summed E-state index contributed by atoms with van der Waals surface area (Å²) < 4.78 is 5.72. The largest absolute Gasteiger partial charge is 0.493 e. The Morgan fingerprint density at radius 3 is 2.45 bits per heavy atom. The third kappa shape index (κ3) is 7.63. The highest BCUT2D eigenvalue weighted by atomic mass is 16.5. The lowest BCUT2D eigenvalue weighted by molar-refractivity contribution is -0.114. The molecule has 0 aromatic heterocycles. The smallest absolute Gasteiger partial charge is 0.251 e. The third-order valence-electron chi connectivity index (χ3n) is 5.24. The molecule has 0 unspecified atom stereocenters. The van der Waals surface area contributed by atoms with Gasteiger partial charge >= 0.3 is 0 Å². The van der Waals surface area contributed by atoms with Gasteiger partial charge in [0.15, 0.2) is 0 Å². The zero-order valence-electron chi connectivity index (χ0n) is 18.4. The van der Waals surface area contributed by atoms with Gasteiger partial charge in [-0.25, -0.2) is 0 Å². The van der Waals surface area contributed by atoms with E-state index >= 15 is 0 Å². The molecule has 3 N–H and O–H groups in total. The lowest BCUT2D eigenvalue weighted by atomic mass is 9.95. The van der Waals surface area contributed by atoms with E-state index in [1.54, 1.807) is 24.3 Å². The maximum absolute atomic E-state index is 12.4. The monoisotopic (exact) mass is 423 g/mol. The molecular formula is C25H33N3O3. The molecule has 6 heteroatoms. The zero-order chi connectivity index (χ0) is 22.1. The predicted octanol–water partition coefficient (Wildman–Crippen LogP) is 4.83. The number of anilines is 2. The van der Waals surface area contributed by atoms with Gasteiger partial charge in [0.05, 0.1) is 13.2 Å². The maximum atomic E-state index is 12.4. The molecule has 0 bridgehead atoms. The molecule has 0 aliphatic heterocycles. The summed E-state index contributed by atoms with van der Waals surface area (Å²) in [6.45, 7) is 4.99. The van der Waals surface area contributed by atoms with Crippen LogP contribution in [0.3, 0.4) is 0 Å². The fourth-order valence-electron chi connectivity index (χ4n) is 3.57. The quantitative estimate of drug-likeness (QED) is 0.539. The standard InChI is InChI=1S/C25H33N3O3/c1-18(2)17-31-23-10-6-9-22(15-23)26-16-24(29)27-21-13-11-19(12-14-21)25(30)28-20-7-4-3-5-8-20/h6,9-15,18,20,26H,3-5,7-8,16-17H2,1-2H3,(H,27,29)(H,28,30). The molecule has 0 saturated heterocycles. The van der Waals surface area contributed by atoms with Gasteiger partial charge in [-0.1, -0.05) is 39.2 Å². The Labute approximate surface area is 184 Å². The first-order chi connectivity index (χ1) is 15.0. The minimum atomic E-state index is -0.159. The molecule has 0 atom stereocenters. The third-order valence-corrected chi connectivity index (χ3v) is 5.24. The summed E-state index contributed by atoms with van der Waals surface area (Å²) in [5, 5.41) is 9.07. The molecule has 2 aromatic carbocycles. The van der Waals surface area contributed by atoms with E-state index in [-0.39, 0.29) is 24.4 Å². The SMILES string of the molecule is CC(C)COc1cccc(NCC(=O)Nc2ccc(C(=O)NC3CCCCC3)cc2)c1. The molecule has 2 aromatic rings. The van der Waals surface area contributed by atoms with Crippen LogP contribution in [0.5, 0.6) is 5.75 Å². The van der Waals surface area contributed by atoms with Crippen LogP contribution in [0.25, 0.3) is 0 Å². The van der Waals surface area contributed by atoms with Gasteiger partial charge < -0.3 is 20.7 Å². The lowest BCUT2D eigenvalue weighted by Gasteiger charge is -2.22. The van der Waals surface area contributed by atoms with Crippen LogP contribution in [0.2, 0.25) is 0 Å². The van der Waals surface area contributed by atoms with Crippen molar-refractivity contribution in [2.75, 3.05) is 23.8 Å². The van der Waals surface area contributed by atoms with E-state index in [2.05, 4.69) is 29.8 Å². The van der Waals surface area contributed by atoms with Crippen LogP contribution in [0, 0.1) is 5.92 Å². The highest BCUT2D eigenvalue weighted by Gasteiger charge is 2.16. The van der Waals surface area contributed by atoms with Gasteiger partial charge in [-0.2, -0.15) is 0 Å². The summed E-state index contributed by atoms with van der Waals surface area (Å²) >= 11 is 0. The van der Waals surface area contributed by atoms with E-state index in [1.807, 2.05) is 24.3 Å². The topological polar surface area (TPSA) is 79.5 Å². The summed E-state index contributed by atoms with van der Waals surface area (Å²) in [5.41, 5.74) is 2.10. The Kier molecular flexibility index (Phi) is 8.33. The number of hydrogen-bond acceptors (Lipinski definition) is 4. The van der Waals surface area contributed by atoms with Crippen LogP contribution in [0.4, 0.5) is 11.4 Å². The normalized spacial score (nSPS) is 14.2. The van der Waals surface area contributed by atoms with E-state index in [1.165, 1.54) is 19.3 Å². The van der Waals surface area contributed by atoms with Gasteiger partial charge in [0.1, 0.15) is 5.75 Å². The molecular weight excluding hydrogens is 390 g/mol.